The Kier molecular flexibility index (Phi) is 9.04. The highest BCUT2D eigenvalue weighted by molar-refractivity contribution is 14.0. The number of hydrogen-bond acceptors (Lipinski definition) is 3. The first-order chi connectivity index (χ1) is 9.71. The molecule has 1 saturated carbocycles. The second kappa shape index (κ2) is 9.94. The predicted octanol–water partition coefficient (Wildman–Crippen LogP) is 4.01. The summed E-state index contributed by atoms with van der Waals surface area (Å²) in [6.45, 7) is 5.94. The van der Waals surface area contributed by atoms with Crippen molar-refractivity contribution >= 4 is 53.0 Å². The molecule has 1 aliphatic rings. The molecule has 1 aromatic heterocycles. The van der Waals surface area contributed by atoms with Crippen molar-refractivity contribution in [2.24, 2.45) is 4.99 Å². The topological polar surface area (TPSA) is 36.4 Å². The number of aryl methyl sites for hydroxylation is 1. The van der Waals surface area contributed by atoms with Crippen LogP contribution in [0.4, 0.5) is 0 Å². The molecule has 2 atom stereocenters. The van der Waals surface area contributed by atoms with Gasteiger partial charge in [0.1, 0.15) is 0 Å². The molecular weight excluding hydrogens is 413 g/mol. The normalized spacial score (nSPS) is 22.0. The number of aliphatic imine (C=N–C) groups is 1. The largest absolute Gasteiger partial charge is 0.357 e. The van der Waals surface area contributed by atoms with Gasteiger partial charge in [-0.1, -0.05) is 0 Å². The molecule has 21 heavy (non-hydrogen) atoms. The van der Waals surface area contributed by atoms with E-state index in [1.165, 1.54) is 29.0 Å². The Morgan fingerprint density at radius 3 is 2.81 bits per heavy atom. The SMILES string of the molecule is CCNC(=NCc1ccc(C)s1)NC1CCC(SC)C1.I. The van der Waals surface area contributed by atoms with E-state index < -0.39 is 0 Å². The van der Waals surface area contributed by atoms with Gasteiger partial charge in [-0.25, -0.2) is 4.99 Å². The quantitative estimate of drug-likeness (QED) is 0.414. The zero-order chi connectivity index (χ0) is 14.4. The number of nitrogens with zero attached hydrogens (tertiary/aromatic N) is 1. The smallest absolute Gasteiger partial charge is 0.191 e. The van der Waals surface area contributed by atoms with Crippen molar-refractivity contribution in [1.82, 2.24) is 10.6 Å². The fourth-order valence-corrected chi connectivity index (χ4v) is 4.14. The van der Waals surface area contributed by atoms with E-state index in [0.717, 1.165) is 24.3 Å². The maximum absolute atomic E-state index is 4.71. The first-order valence-electron chi connectivity index (χ1n) is 7.34. The van der Waals surface area contributed by atoms with Crippen molar-refractivity contribution in [3.8, 4) is 0 Å². The maximum atomic E-state index is 4.71. The zero-order valence-corrected chi connectivity index (χ0v) is 17.0. The average molecular weight is 439 g/mol. The second-order valence-corrected chi connectivity index (χ2v) is 7.73. The van der Waals surface area contributed by atoms with Gasteiger partial charge in [-0.2, -0.15) is 11.8 Å². The lowest BCUT2D eigenvalue weighted by atomic mass is 10.2. The van der Waals surface area contributed by atoms with Crippen molar-refractivity contribution < 1.29 is 0 Å². The molecule has 3 nitrogen and oxygen atoms in total. The Morgan fingerprint density at radius 1 is 1.43 bits per heavy atom. The predicted molar refractivity (Wildman–Crippen MR) is 107 cm³/mol. The molecule has 0 aromatic carbocycles. The van der Waals surface area contributed by atoms with Crippen molar-refractivity contribution in [3.63, 3.8) is 0 Å². The third kappa shape index (κ3) is 6.36. The van der Waals surface area contributed by atoms with Gasteiger partial charge in [-0.3, -0.25) is 0 Å². The van der Waals surface area contributed by atoms with Crippen LogP contribution in [0.1, 0.15) is 35.9 Å². The molecule has 0 radical (unpaired) electrons. The van der Waals surface area contributed by atoms with Gasteiger partial charge in [0.25, 0.3) is 0 Å². The van der Waals surface area contributed by atoms with E-state index in [4.69, 9.17) is 4.99 Å². The molecule has 2 rings (SSSR count). The first-order valence-corrected chi connectivity index (χ1v) is 9.44. The Labute approximate surface area is 153 Å². The molecule has 2 N–H and O–H groups in total. The summed E-state index contributed by atoms with van der Waals surface area (Å²) in [5.41, 5.74) is 0. The van der Waals surface area contributed by atoms with Crippen LogP contribution >= 0.6 is 47.1 Å². The Hall–Kier alpha value is 0.0500. The number of thioether (sulfide) groups is 1. The van der Waals surface area contributed by atoms with Crippen molar-refractivity contribution in [2.45, 2.75) is 50.9 Å². The summed E-state index contributed by atoms with van der Waals surface area (Å²) in [4.78, 5) is 7.39. The molecular formula is C15H26IN3S2. The molecule has 1 heterocycles. The molecule has 2 unspecified atom stereocenters. The molecule has 120 valence electrons. The zero-order valence-electron chi connectivity index (χ0n) is 13.0. The standard InChI is InChI=1S/C15H25N3S2.HI/c1-4-16-15(17-10-14-7-5-11(2)20-14)18-12-6-8-13(9-12)19-3;/h5,7,12-13H,4,6,8-10H2,1-3H3,(H2,16,17,18);1H. The van der Waals surface area contributed by atoms with Gasteiger partial charge in [0, 0.05) is 27.6 Å². The number of nitrogens with one attached hydrogen (secondary N) is 2. The summed E-state index contributed by atoms with van der Waals surface area (Å²) in [5, 5.41) is 7.76. The number of halogens is 1. The van der Waals surface area contributed by atoms with Crippen LogP contribution in [0, 0.1) is 6.92 Å². The highest BCUT2D eigenvalue weighted by atomic mass is 127. The Bertz CT molecular complexity index is 448. The number of thiophene rings is 1. The van der Waals surface area contributed by atoms with Crippen LogP contribution in [0.25, 0.3) is 0 Å². The Balaban J connectivity index is 0.00000220. The lowest BCUT2D eigenvalue weighted by Gasteiger charge is -2.17. The number of rotatable bonds is 5. The van der Waals surface area contributed by atoms with E-state index in [1.807, 2.05) is 23.1 Å². The van der Waals surface area contributed by atoms with Gasteiger partial charge in [-0.15, -0.1) is 35.3 Å². The van der Waals surface area contributed by atoms with Crippen LogP contribution in [0.15, 0.2) is 17.1 Å². The highest BCUT2D eigenvalue weighted by Crippen LogP contribution is 2.28. The van der Waals surface area contributed by atoms with E-state index in [9.17, 15) is 0 Å². The van der Waals surface area contributed by atoms with Gasteiger partial charge < -0.3 is 10.6 Å². The highest BCUT2D eigenvalue weighted by Gasteiger charge is 2.24. The van der Waals surface area contributed by atoms with E-state index in [0.29, 0.717) is 6.04 Å². The molecule has 6 heteroatoms. The minimum atomic E-state index is 0. The van der Waals surface area contributed by atoms with E-state index >= 15 is 0 Å². The minimum Gasteiger partial charge on any atom is -0.357 e. The molecule has 0 spiro atoms. The summed E-state index contributed by atoms with van der Waals surface area (Å²) in [6.07, 6.45) is 6.05. The molecule has 1 aliphatic carbocycles. The first kappa shape index (κ1) is 19.1. The van der Waals surface area contributed by atoms with Crippen molar-refractivity contribution in [2.75, 3.05) is 12.8 Å². The monoisotopic (exact) mass is 439 g/mol. The summed E-state index contributed by atoms with van der Waals surface area (Å²) in [6, 6.07) is 4.91. The molecule has 0 bridgehead atoms. The van der Waals surface area contributed by atoms with Gasteiger partial charge >= 0.3 is 0 Å². The second-order valence-electron chi connectivity index (χ2n) is 5.22. The van der Waals surface area contributed by atoms with Crippen molar-refractivity contribution in [3.05, 3.63) is 21.9 Å². The van der Waals surface area contributed by atoms with Gasteiger partial charge in [0.15, 0.2) is 5.96 Å². The maximum Gasteiger partial charge on any atom is 0.191 e. The van der Waals surface area contributed by atoms with Crippen molar-refractivity contribution in [1.29, 1.82) is 0 Å². The van der Waals surface area contributed by atoms with Crippen LogP contribution in [-0.2, 0) is 6.54 Å². The Morgan fingerprint density at radius 2 is 2.24 bits per heavy atom. The van der Waals surface area contributed by atoms with E-state index in [2.05, 4.69) is 42.9 Å². The fourth-order valence-electron chi connectivity index (χ4n) is 2.53. The van der Waals surface area contributed by atoms with E-state index in [1.54, 1.807) is 0 Å². The average Bonchev–Trinajstić information content (AvgIpc) is 3.05. The lowest BCUT2D eigenvalue weighted by Crippen LogP contribution is -2.42. The summed E-state index contributed by atoms with van der Waals surface area (Å²) >= 11 is 3.82. The van der Waals surface area contributed by atoms with Crippen LogP contribution in [0.5, 0.6) is 0 Å². The molecule has 1 aromatic rings. The third-order valence-corrected chi connectivity index (χ3v) is 5.67. The minimum absolute atomic E-state index is 0. The lowest BCUT2D eigenvalue weighted by molar-refractivity contribution is 0.615. The van der Waals surface area contributed by atoms with Gasteiger partial charge in [0.2, 0.25) is 0 Å². The molecule has 0 saturated heterocycles. The molecule has 0 amide bonds. The van der Waals surface area contributed by atoms with Crippen LogP contribution < -0.4 is 10.6 Å². The molecule has 1 fully saturated rings. The van der Waals surface area contributed by atoms with Gasteiger partial charge in [-0.05, 0) is 51.5 Å². The van der Waals surface area contributed by atoms with Crippen LogP contribution in [0.3, 0.4) is 0 Å². The third-order valence-electron chi connectivity index (χ3n) is 3.59. The summed E-state index contributed by atoms with van der Waals surface area (Å²) in [7, 11) is 0. The van der Waals surface area contributed by atoms with Crippen LogP contribution in [0.2, 0.25) is 0 Å². The fraction of sp³-hybridized carbons (Fsp3) is 0.667. The number of hydrogen-bond donors (Lipinski definition) is 2. The summed E-state index contributed by atoms with van der Waals surface area (Å²) < 4.78 is 0. The van der Waals surface area contributed by atoms with E-state index in [-0.39, 0.29) is 24.0 Å². The molecule has 0 aliphatic heterocycles. The van der Waals surface area contributed by atoms with Gasteiger partial charge in [0.05, 0.1) is 6.54 Å². The van der Waals surface area contributed by atoms with Crippen LogP contribution in [-0.4, -0.2) is 30.1 Å². The number of guanidine groups is 1. The summed E-state index contributed by atoms with van der Waals surface area (Å²) in [5.74, 6) is 0.963.